The lowest BCUT2D eigenvalue weighted by Gasteiger charge is -2.34. The van der Waals surface area contributed by atoms with E-state index in [-0.39, 0.29) is 23.7 Å². The van der Waals surface area contributed by atoms with E-state index in [0.29, 0.717) is 28.6 Å². The van der Waals surface area contributed by atoms with Crippen molar-refractivity contribution in [3.05, 3.63) is 98.7 Å². The van der Waals surface area contributed by atoms with Gasteiger partial charge in [-0.3, -0.25) is 9.80 Å². The molecular formula is C31H26N2O7. The van der Waals surface area contributed by atoms with E-state index >= 15 is 0 Å². The molecule has 7 rings (SSSR count). The van der Waals surface area contributed by atoms with E-state index in [0.717, 1.165) is 55.2 Å². The molecule has 1 saturated heterocycles. The van der Waals surface area contributed by atoms with E-state index in [4.69, 9.17) is 18.3 Å². The molecule has 2 aliphatic rings. The van der Waals surface area contributed by atoms with Crippen LogP contribution < -0.4 is 20.7 Å². The zero-order valence-corrected chi connectivity index (χ0v) is 21.6. The summed E-state index contributed by atoms with van der Waals surface area (Å²) in [6.45, 7) is 4.70. The average molecular weight is 539 g/mol. The van der Waals surface area contributed by atoms with Crippen LogP contribution in [0.25, 0.3) is 33.1 Å². The van der Waals surface area contributed by atoms with Crippen molar-refractivity contribution in [2.75, 3.05) is 33.0 Å². The molecule has 1 N–H and O–H groups in total. The number of phenolic OH excluding ortho intramolecular Hbond substituents is 1. The molecule has 0 spiro atoms. The third-order valence-electron chi connectivity index (χ3n) is 7.61. The first kappa shape index (κ1) is 24.4. The van der Waals surface area contributed by atoms with Gasteiger partial charge in [0.25, 0.3) is 0 Å². The summed E-state index contributed by atoms with van der Waals surface area (Å²) in [5, 5.41) is 12.1. The summed E-state index contributed by atoms with van der Waals surface area (Å²) in [4.78, 5) is 30.2. The maximum atomic E-state index is 12.9. The van der Waals surface area contributed by atoms with Crippen LogP contribution in [-0.4, -0.2) is 47.9 Å². The summed E-state index contributed by atoms with van der Waals surface area (Å²) in [6.07, 6.45) is 0. The normalized spacial score (nSPS) is 15.7. The standard InChI is InChI=1S/C31H26N2O7/c34-25-7-6-21-22(23-14-20-3-1-2-4-26(20)39-31(23)36)15-29(35)40-30(21)24(25)17-33-11-9-32(10-12-33)16-19-5-8-27-28(13-19)38-18-37-27/h1-8,13-15,34H,9-12,16-18H2. The van der Waals surface area contributed by atoms with E-state index in [2.05, 4.69) is 15.9 Å². The van der Waals surface area contributed by atoms with Gasteiger partial charge in [0.15, 0.2) is 11.5 Å². The van der Waals surface area contributed by atoms with Crippen LogP contribution in [0.5, 0.6) is 17.2 Å². The van der Waals surface area contributed by atoms with Crippen molar-refractivity contribution in [1.29, 1.82) is 0 Å². The second-order valence-electron chi connectivity index (χ2n) is 10.1. The summed E-state index contributed by atoms with van der Waals surface area (Å²) in [5.41, 5.74) is 1.97. The molecule has 0 saturated carbocycles. The van der Waals surface area contributed by atoms with Gasteiger partial charge in [0, 0.05) is 61.7 Å². The van der Waals surface area contributed by atoms with Crippen LogP contribution in [0, 0.1) is 0 Å². The highest BCUT2D eigenvalue weighted by Crippen LogP contribution is 2.35. The minimum Gasteiger partial charge on any atom is -0.507 e. The molecule has 3 aromatic carbocycles. The molecule has 9 nitrogen and oxygen atoms in total. The van der Waals surface area contributed by atoms with Gasteiger partial charge in [0.1, 0.15) is 16.9 Å². The van der Waals surface area contributed by atoms with Crippen LogP contribution in [0.15, 0.2) is 85.2 Å². The molecule has 40 heavy (non-hydrogen) atoms. The SMILES string of the molecule is O=c1cc(-c2cc3ccccc3oc2=O)c2ccc(O)c(CN3CCN(Cc4ccc5c(c4)OCO5)CC3)c2o1. The third-order valence-corrected chi connectivity index (χ3v) is 7.61. The van der Waals surface area contributed by atoms with Gasteiger partial charge in [-0.15, -0.1) is 0 Å². The maximum absolute atomic E-state index is 12.9. The summed E-state index contributed by atoms with van der Waals surface area (Å²) in [7, 11) is 0. The Bertz CT molecular complexity index is 1870. The molecule has 0 atom stereocenters. The number of aromatic hydroxyl groups is 1. The largest absolute Gasteiger partial charge is 0.507 e. The van der Waals surface area contributed by atoms with Gasteiger partial charge in [-0.2, -0.15) is 0 Å². The van der Waals surface area contributed by atoms with E-state index in [1.807, 2.05) is 24.3 Å². The van der Waals surface area contributed by atoms with E-state index in [9.17, 15) is 14.7 Å². The number of fused-ring (bicyclic) bond motifs is 3. The lowest BCUT2D eigenvalue weighted by atomic mass is 9.99. The Morgan fingerprint density at radius 1 is 0.750 bits per heavy atom. The third kappa shape index (κ3) is 4.49. The number of hydrogen-bond acceptors (Lipinski definition) is 9. The van der Waals surface area contributed by atoms with Crippen LogP contribution in [0.3, 0.4) is 0 Å². The van der Waals surface area contributed by atoms with E-state index in [1.165, 1.54) is 6.07 Å². The predicted molar refractivity (Wildman–Crippen MR) is 149 cm³/mol. The second kappa shape index (κ2) is 9.86. The Morgan fingerprint density at radius 3 is 2.38 bits per heavy atom. The Hall–Kier alpha value is -4.60. The van der Waals surface area contributed by atoms with Gasteiger partial charge in [-0.25, -0.2) is 9.59 Å². The van der Waals surface area contributed by atoms with Crippen LogP contribution in [0.2, 0.25) is 0 Å². The summed E-state index contributed by atoms with van der Waals surface area (Å²) >= 11 is 0. The molecule has 4 heterocycles. The zero-order valence-electron chi connectivity index (χ0n) is 21.6. The predicted octanol–water partition coefficient (Wildman–Crippen LogP) is 4.32. The number of ether oxygens (including phenoxy) is 2. The number of piperazine rings is 1. The first-order valence-electron chi connectivity index (χ1n) is 13.2. The number of benzene rings is 3. The van der Waals surface area contributed by atoms with Gasteiger partial charge in [0.05, 0.1) is 11.1 Å². The lowest BCUT2D eigenvalue weighted by molar-refractivity contribution is 0.121. The highest BCUT2D eigenvalue weighted by molar-refractivity contribution is 5.97. The highest BCUT2D eigenvalue weighted by Gasteiger charge is 2.23. The highest BCUT2D eigenvalue weighted by atomic mass is 16.7. The molecule has 2 aliphatic heterocycles. The lowest BCUT2D eigenvalue weighted by Crippen LogP contribution is -2.45. The Balaban J connectivity index is 1.15. The van der Waals surface area contributed by atoms with Crippen molar-refractivity contribution < 1.29 is 23.4 Å². The van der Waals surface area contributed by atoms with E-state index < -0.39 is 11.3 Å². The van der Waals surface area contributed by atoms with Gasteiger partial charge in [-0.05, 0) is 42.0 Å². The minimum atomic E-state index is -0.601. The molecule has 202 valence electrons. The number of rotatable bonds is 5. The summed E-state index contributed by atoms with van der Waals surface area (Å²) in [6, 6.07) is 19.5. The first-order chi connectivity index (χ1) is 19.5. The maximum Gasteiger partial charge on any atom is 0.344 e. The fraction of sp³-hybridized carbons (Fsp3) is 0.226. The molecule has 0 radical (unpaired) electrons. The summed E-state index contributed by atoms with van der Waals surface area (Å²) < 4.78 is 22.1. The first-order valence-corrected chi connectivity index (χ1v) is 13.2. The number of hydrogen-bond donors (Lipinski definition) is 1. The molecule has 9 heteroatoms. The van der Waals surface area contributed by atoms with Crippen LogP contribution >= 0.6 is 0 Å². The van der Waals surface area contributed by atoms with Crippen molar-refractivity contribution in [2.24, 2.45) is 0 Å². The molecule has 1 fully saturated rings. The monoisotopic (exact) mass is 538 g/mol. The van der Waals surface area contributed by atoms with Crippen LogP contribution in [0.4, 0.5) is 0 Å². The Morgan fingerprint density at radius 2 is 1.52 bits per heavy atom. The quantitative estimate of drug-likeness (QED) is 0.328. The number of phenols is 1. The zero-order chi connectivity index (χ0) is 27.2. The van der Waals surface area contributed by atoms with Crippen molar-refractivity contribution in [2.45, 2.75) is 13.1 Å². The Labute approximate surface area is 228 Å². The topological polar surface area (TPSA) is 106 Å². The molecular weight excluding hydrogens is 512 g/mol. The number of nitrogens with zero attached hydrogens (tertiary/aromatic N) is 2. The molecule has 0 bridgehead atoms. The van der Waals surface area contributed by atoms with Gasteiger partial charge < -0.3 is 23.4 Å². The van der Waals surface area contributed by atoms with Gasteiger partial charge >= 0.3 is 11.3 Å². The summed E-state index contributed by atoms with van der Waals surface area (Å²) in [5.74, 6) is 1.60. The molecule has 0 unspecified atom stereocenters. The molecule has 5 aromatic rings. The molecule has 2 aromatic heterocycles. The fourth-order valence-electron chi connectivity index (χ4n) is 5.52. The van der Waals surface area contributed by atoms with Gasteiger partial charge in [-0.1, -0.05) is 24.3 Å². The molecule has 0 amide bonds. The molecule has 0 aliphatic carbocycles. The van der Waals surface area contributed by atoms with Crippen molar-refractivity contribution in [1.82, 2.24) is 9.80 Å². The van der Waals surface area contributed by atoms with Crippen molar-refractivity contribution in [3.63, 3.8) is 0 Å². The van der Waals surface area contributed by atoms with Gasteiger partial charge in [0.2, 0.25) is 6.79 Å². The van der Waals surface area contributed by atoms with Crippen LogP contribution in [-0.2, 0) is 13.1 Å². The second-order valence-corrected chi connectivity index (χ2v) is 10.1. The fourth-order valence-corrected chi connectivity index (χ4v) is 5.52. The van der Waals surface area contributed by atoms with Crippen molar-refractivity contribution in [3.8, 4) is 28.4 Å². The minimum absolute atomic E-state index is 0.0427. The van der Waals surface area contributed by atoms with Crippen LogP contribution in [0.1, 0.15) is 11.1 Å². The van der Waals surface area contributed by atoms with E-state index in [1.54, 1.807) is 30.3 Å². The number of para-hydroxylation sites is 1. The average Bonchev–Trinajstić information content (AvgIpc) is 3.43. The smallest absolute Gasteiger partial charge is 0.344 e. The van der Waals surface area contributed by atoms with Crippen molar-refractivity contribution >= 4 is 21.9 Å². The Kier molecular flexibility index (Phi) is 6.02.